The smallest absolute Gasteiger partial charge is 0.181 e. The van der Waals surface area contributed by atoms with Crippen LogP contribution in [0.3, 0.4) is 0 Å². The fourth-order valence-electron chi connectivity index (χ4n) is 3.63. The molecule has 5 aromatic rings. The molecule has 0 radical (unpaired) electrons. The Morgan fingerprint density at radius 1 is 1.00 bits per heavy atom. The summed E-state index contributed by atoms with van der Waals surface area (Å²) in [5, 5.41) is 9.40. The number of ether oxygens (including phenoxy) is 1. The Kier molecular flexibility index (Phi) is 4.63. The van der Waals surface area contributed by atoms with E-state index in [4.69, 9.17) is 14.3 Å². The Hall–Kier alpha value is -4.13. The molecule has 0 saturated heterocycles. The fraction of sp³-hybridized carbons (Fsp3) is 0.125. The summed E-state index contributed by atoms with van der Waals surface area (Å²) in [5.41, 5.74) is 6.23. The highest BCUT2D eigenvalue weighted by Gasteiger charge is 2.14. The van der Waals surface area contributed by atoms with Crippen molar-refractivity contribution in [2.24, 2.45) is 0 Å². The van der Waals surface area contributed by atoms with E-state index < -0.39 is 0 Å². The van der Waals surface area contributed by atoms with Crippen LogP contribution in [0.4, 0.5) is 11.4 Å². The zero-order valence-electron chi connectivity index (χ0n) is 17.5. The number of rotatable bonds is 5. The number of methoxy groups -OCH3 is 1. The molecule has 7 heteroatoms. The third-order valence-corrected chi connectivity index (χ3v) is 5.26. The lowest BCUT2D eigenvalue weighted by Gasteiger charge is -2.07. The topological polar surface area (TPSA) is 78.0 Å². The summed E-state index contributed by atoms with van der Waals surface area (Å²) in [6, 6.07) is 17.9. The van der Waals surface area contributed by atoms with E-state index in [9.17, 15) is 0 Å². The maximum Gasteiger partial charge on any atom is 0.181 e. The van der Waals surface area contributed by atoms with Gasteiger partial charge in [-0.05, 0) is 44.2 Å². The molecule has 31 heavy (non-hydrogen) atoms. The Labute approximate surface area is 179 Å². The monoisotopic (exact) mass is 411 g/mol. The molecule has 0 aliphatic heterocycles. The molecule has 2 aromatic carbocycles. The Balaban J connectivity index is 1.50. The molecule has 0 aliphatic carbocycles. The first kappa shape index (κ1) is 18.9. The van der Waals surface area contributed by atoms with Crippen molar-refractivity contribution in [3.63, 3.8) is 0 Å². The molecule has 7 nitrogen and oxygen atoms in total. The number of hydrogen-bond donors (Lipinski definition) is 1. The number of pyridine rings is 1. The van der Waals surface area contributed by atoms with Crippen LogP contribution in [0, 0.1) is 13.8 Å². The van der Waals surface area contributed by atoms with Gasteiger partial charge >= 0.3 is 0 Å². The molecule has 0 aliphatic rings. The number of nitrogens with one attached hydrogen (secondary N) is 1. The molecule has 0 atom stereocenters. The van der Waals surface area contributed by atoms with Gasteiger partial charge in [0.2, 0.25) is 0 Å². The zero-order valence-corrected chi connectivity index (χ0v) is 17.5. The van der Waals surface area contributed by atoms with Crippen molar-refractivity contribution in [2.75, 3.05) is 12.4 Å². The quantitative estimate of drug-likeness (QED) is 0.415. The Morgan fingerprint density at radius 3 is 2.61 bits per heavy atom. The summed E-state index contributed by atoms with van der Waals surface area (Å²) in [4.78, 5) is 8.63. The lowest BCUT2D eigenvalue weighted by molar-refractivity contribution is 0.414. The SMILES string of the molecule is COc1cccc(-n2nc3c(Nc4ccc(-c5ocnc5C)nc4)cccc3c2C)c1. The van der Waals surface area contributed by atoms with Gasteiger partial charge < -0.3 is 14.5 Å². The fourth-order valence-corrected chi connectivity index (χ4v) is 3.63. The van der Waals surface area contributed by atoms with Crippen molar-refractivity contribution in [1.29, 1.82) is 0 Å². The molecule has 0 spiro atoms. The van der Waals surface area contributed by atoms with Crippen LogP contribution in [0.15, 0.2) is 71.6 Å². The molecule has 3 heterocycles. The first-order valence-corrected chi connectivity index (χ1v) is 9.90. The van der Waals surface area contributed by atoms with Gasteiger partial charge in [-0.2, -0.15) is 5.10 Å². The van der Waals surface area contributed by atoms with Gasteiger partial charge in [0, 0.05) is 17.1 Å². The van der Waals surface area contributed by atoms with Crippen molar-refractivity contribution in [3.05, 3.63) is 78.6 Å². The van der Waals surface area contributed by atoms with Gasteiger partial charge in [0.25, 0.3) is 0 Å². The summed E-state index contributed by atoms with van der Waals surface area (Å²) < 4.78 is 12.7. The van der Waals surface area contributed by atoms with Crippen LogP contribution in [-0.4, -0.2) is 26.9 Å². The van der Waals surface area contributed by atoms with Crippen LogP contribution < -0.4 is 10.1 Å². The number of hydrogen-bond acceptors (Lipinski definition) is 6. The minimum absolute atomic E-state index is 0.682. The summed E-state index contributed by atoms with van der Waals surface area (Å²) in [5.74, 6) is 1.48. The van der Waals surface area contributed by atoms with E-state index in [1.165, 1.54) is 6.39 Å². The number of benzene rings is 2. The highest BCUT2D eigenvalue weighted by atomic mass is 16.5. The minimum atomic E-state index is 0.682. The minimum Gasteiger partial charge on any atom is -0.497 e. The number of aromatic nitrogens is 4. The molecule has 0 bridgehead atoms. The second-order valence-electron chi connectivity index (χ2n) is 7.22. The first-order valence-electron chi connectivity index (χ1n) is 9.90. The molecule has 0 fully saturated rings. The van der Waals surface area contributed by atoms with E-state index >= 15 is 0 Å². The number of aryl methyl sites for hydroxylation is 2. The predicted octanol–water partition coefficient (Wildman–Crippen LogP) is 5.44. The Morgan fingerprint density at radius 2 is 1.87 bits per heavy atom. The third-order valence-electron chi connectivity index (χ3n) is 5.26. The lowest BCUT2D eigenvalue weighted by atomic mass is 10.2. The highest BCUT2D eigenvalue weighted by Crippen LogP contribution is 2.30. The standard InChI is InChI=1S/C24H21N5O2/c1-15-24(31-14-26-15)22-11-10-17(13-25-22)27-21-9-5-8-20-16(2)29(28-23(20)21)18-6-4-7-19(12-18)30-3/h4-14,27H,1-3H3. The van der Waals surface area contributed by atoms with Crippen LogP contribution in [-0.2, 0) is 0 Å². The number of oxazole rings is 1. The van der Waals surface area contributed by atoms with Crippen molar-refractivity contribution >= 4 is 22.3 Å². The average molecular weight is 411 g/mol. The molecule has 0 amide bonds. The average Bonchev–Trinajstić information content (AvgIpc) is 3.38. The van der Waals surface area contributed by atoms with E-state index in [-0.39, 0.29) is 0 Å². The number of fused-ring (bicyclic) bond motifs is 1. The Bertz CT molecular complexity index is 1370. The normalized spacial score (nSPS) is 11.1. The van der Waals surface area contributed by atoms with Gasteiger partial charge in [0.1, 0.15) is 17.0 Å². The van der Waals surface area contributed by atoms with Gasteiger partial charge in [-0.3, -0.25) is 4.98 Å². The molecular weight excluding hydrogens is 390 g/mol. The van der Waals surface area contributed by atoms with Gasteiger partial charge in [-0.15, -0.1) is 0 Å². The van der Waals surface area contributed by atoms with Crippen molar-refractivity contribution in [2.45, 2.75) is 13.8 Å². The van der Waals surface area contributed by atoms with E-state index in [2.05, 4.69) is 28.3 Å². The summed E-state index contributed by atoms with van der Waals surface area (Å²) in [7, 11) is 1.66. The summed E-state index contributed by atoms with van der Waals surface area (Å²) in [6.07, 6.45) is 3.21. The second-order valence-corrected chi connectivity index (χ2v) is 7.22. The highest BCUT2D eigenvalue weighted by molar-refractivity contribution is 5.94. The lowest BCUT2D eigenvalue weighted by Crippen LogP contribution is -1.99. The van der Waals surface area contributed by atoms with Crippen LogP contribution in [0.1, 0.15) is 11.4 Å². The van der Waals surface area contributed by atoms with Crippen LogP contribution >= 0.6 is 0 Å². The van der Waals surface area contributed by atoms with Crippen LogP contribution in [0.5, 0.6) is 5.75 Å². The van der Waals surface area contributed by atoms with Crippen LogP contribution in [0.2, 0.25) is 0 Å². The van der Waals surface area contributed by atoms with E-state index in [0.717, 1.165) is 50.8 Å². The van der Waals surface area contributed by atoms with Crippen LogP contribution in [0.25, 0.3) is 28.0 Å². The molecule has 5 rings (SSSR count). The van der Waals surface area contributed by atoms with Crippen molar-refractivity contribution in [1.82, 2.24) is 19.7 Å². The van der Waals surface area contributed by atoms with E-state index in [0.29, 0.717) is 5.76 Å². The molecular formula is C24H21N5O2. The number of nitrogens with zero attached hydrogens (tertiary/aromatic N) is 4. The summed E-state index contributed by atoms with van der Waals surface area (Å²) in [6.45, 7) is 3.96. The zero-order chi connectivity index (χ0) is 21.4. The van der Waals surface area contributed by atoms with Gasteiger partial charge in [-0.1, -0.05) is 18.2 Å². The molecule has 0 saturated carbocycles. The maximum absolute atomic E-state index is 5.42. The largest absolute Gasteiger partial charge is 0.497 e. The predicted molar refractivity (Wildman–Crippen MR) is 120 cm³/mol. The van der Waals surface area contributed by atoms with Gasteiger partial charge in [0.05, 0.1) is 36.1 Å². The molecule has 3 aromatic heterocycles. The first-order chi connectivity index (χ1) is 15.1. The number of anilines is 2. The van der Waals surface area contributed by atoms with E-state index in [1.54, 1.807) is 13.3 Å². The second kappa shape index (κ2) is 7.60. The molecule has 0 unspecified atom stereocenters. The molecule has 154 valence electrons. The third kappa shape index (κ3) is 3.40. The van der Waals surface area contributed by atoms with Crippen molar-refractivity contribution < 1.29 is 9.15 Å². The van der Waals surface area contributed by atoms with Gasteiger partial charge in [0.15, 0.2) is 12.2 Å². The summed E-state index contributed by atoms with van der Waals surface area (Å²) >= 11 is 0. The van der Waals surface area contributed by atoms with E-state index in [1.807, 2.05) is 60.1 Å². The van der Waals surface area contributed by atoms with Crippen molar-refractivity contribution in [3.8, 4) is 22.9 Å². The maximum atomic E-state index is 5.42. The van der Waals surface area contributed by atoms with Gasteiger partial charge in [-0.25, -0.2) is 9.67 Å². The molecule has 1 N–H and O–H groups in total.